The Labute approximate surface area is 177 Å². The van der Waals surface area contributed by atoms with Crippen LogP contribution in [0.25, 0.3) is 5.70 Å². The Balaban J connectivity index is 1.94. The number of carbonyl (C=O) groups excluding carboxylic acids is 2. The van der Waals surface area contributed by atoms with Crippen molar-refractivity contribution in [1.29, 1.82) is 0 Å². The van der Waals surface area contributed by atoms with Gasteiger partial charge in [-0.05, 0) is 17.2 Å². The van der Waals surface area contributed by atoms with Gasteiger partial charge in [-0.2, -0.15) is 0 Å². The molecule has 8 heteroatoms. The Morgan fingerprint density at radius 3 is 2.26 bits per heavy atom. The van der Waals surface area contributed by atoms with E-state index in [2.05, 4.69) is 10.6 Å². The molecule has 0 fully saturated rings. The molecule has 4 rings (SSSR count). The van der Waals surface area contributed by atoms with Gasteiger partial charge in [0, 0.05) is 11.6 Å². The average Bonchev–Trinajstić information content (AvgIpc) is 2.79. The fourth-order valence-corrected chi connectivity index (χ4v) is 3.50. The Kier molecular flexibility index (Phi) is 5.19. The summed E-state index contributed by atoms with van der Waals surface area (Å²) in [4.78, 5) is 36.6. The minimum absolute atomic E-state index is 0.233. The van der Waals surface area contributed by atoms with Crippen LogP contribution in [-0.2, 0) is 0 Å². The van der Waals surface area contributed by atoms with Gasteiger partial charge < -0.3 is 15.7 Å². The molecule has 0 bridgehead atoms. The van der Waals surface area contributed by atoms with Gasteiger partial charge in [0.25, 0.3) is 0 Å². The molecule has 1 heterocycles. The van der Waals surface area contributed by atoms with E-state index in [0.717, 1.165) is 6.07 Å². The molecule has 1 aliphatic rings. The summed E-state index contributed by atoms with van der Waals surface area (Å²) in [5.41, 5.74) is 1.36. The summed E-state index contributed by atoms with van der Waals surface area (Å²) in [7, 11) is 0. The van der Waals surface area contributed by atoms with Gasteiger partial charge >= 0.3 is 11.7 Å². The van der Waals surface area contributed by atoms with Crippen LogP contribution in [0, 0.1) is 10.1 Å². The first-order chi connectivity index (χ1) is 15.0. The number of nitro benzene ring substituents is 1. The van der Waals surface area contributed by atoms with Gasteiger partial charge in [-0.15, -0.1) is 0 Å². The van der Waals surface area contributed by atoms with Gasteiger partial charge in [0.1, 0.15) is 0 Å². The summed E-state index contributed by atoms with van der Waals surface area (Å²) in [5.74, 6) is -0.843. The second-order valence-electron chi connectivity index (χ2n) is 6.89. The number of amides is 2. The summed E-state index contributed by atoms with van der Waals surface area (Å²) in [6, 6.07) is 19.7. The van der Waals surface area contributed by atoms with Crippen LogP contribution in [-0.4, -0.2) is 21.8 Å². The van der Waals surface area contributed by atoms with Crippen LogP contribution in [0.5, 0.6) is 5.75 Å². The van der Waals surface area contributed by atoms with E-state index in [9.17, 15) is 24.8 Å². The molecule has 2 amide bonds. The van der Waals surface area contributed by atoms with E-state index in [1.54, 1.807) is 54.6 Å². The van der Waals surface area contributed by atoms with Crippen LogP contribution < -0.4 is 10.6 Å². The van der Waals surface area contributed by atoms with Crippen molar-refractivity contribution >= 4 is 23.2 Å². The fourth-order valence-electron chi connectivity index (χ4n) is 3.50. The molecule has 1 aliphatic heterocycles. The molecule has 3 aromatic rings. The van der Waals surface area contributed by atoms with Crippen molar-refractivity contribution < 1.29 is 19.6 Å². The zero-order valence-electron chi connectivity index (χ0n) is 16.1. The van der Waals surface area contributed by atoms with Crippen LogP contribution in [0.15, 0.2) is 84.4 Å². The Morgan fingerprint density at radius 2 is 1.61 bits per heavy atom. The molecule has 0 spiro atoms. The molecular weight excluding hydrogens is 398 g/mol. The van der Waals surface area contributed by atoms with Gasteiger partial charge in [0.2, 0.25) is 0 Å². The van der Waals surface area contributed by atoms with Crippen LogP contribution in [0.2, 0.25) is 0 Å². The Bertz CT molecular complexity index is 1210. The van der Waals surface area contributed by atoms with E-state index < -0.39 is 28.4 Å². The lowest BCUT2D eigenvalue weighted by Crippen LogP contribution is -2.45. The number of nitrogens with one attached hydrogen (secondary N) is 2. The number of Topliss-reactive ketones (excluding diaryl/α,β-unsaturated/α-hetero) is 1. The number of benzene rings is 3. The molecule has 0 radical (unpaired) electrons. The molecule has 0 aromatic heterocycles. The Morgan fingerprint density at radius 1 is 0.968 bits per heavy atom. The molecule has 1 atom stereocenters. The van der Waals surface area contributed by atoms with E-state index in [1.807, 2.05) is 6.07 Å². The molecule has 3 N–H and O–H groups in total. The van der Waals surface area contributed by atoms with Crippen LogP contribution in [0.3, 0.4) is 0 Å². The topological polar surface area (TPSA) is 122 Å². The second kappa shape index (κ2) is 8.11. The summed E-state index contributed by atoms with van der Waals surface area (Å²) in [6.45, 7) is 0. The number of carbonyl (C=O) groups is 2. The molecule has 3 aromatic carbocycles. The van der Waals surface area contributed by atoms with Gasteiger partial charge in [-0.3, -0.25) is 14.9 Å². The first-order valence-corrected chi connectivity index (χ1v) is 9.40. The zero-order valence-corrected chi connectivity index (χ0v) is 16.1. The van der Waals surface area contributed by atoms with E-state index in [-0.39, 0.29) is 11.4 Å². The third kappa shape index (κ3) is 3.86. The van der Waals surface area contributed by atoms with Crippen molar-refractivity contribution in [3.63, 3.8) is 0 Å². The highest BCUT2D eigenvalue weighted by Crippen LogP contribution is 2.36. The Hall–Kier alpha value is -4.46. The standard InChI is InChI=1S/C23H17N3O5/c27-18-12-11-16(13-17(18)26(30)31)21-19(22(28)15-9-5-2-6-10-15)20(24-23(29)25-21)14-7-3-1-4-8-14/h1-13,21,27H,(H2,24,25,29)/t21-/m0/s1. The fraction of sp³-hybridized carbons (Fsp3) is 0.0435. The molecule has 8 nitrogen and oxygen atoms in total. The van der Waals surface area contributed by atoms with Crippen LogP contribution >= 0.6 is 0 Å². The van der Waals surface area contributed by atoms with Gasteiger partial charge in [0.05, 0.1) is 22.2 Å². The lowest BCUT2D eigenvalue weighted by molar-refractivity contribution is -0.385. The second-order valence-corrected chi connectivity index (χ2v) is 6.89. The monoisotopic (exact) mass is 415 g/mol. The van der Waals surface area contributed by atoms with Gasteiger partial charge in [-0.1, -0.05) is 66.7 Å². The molecule has 0 saturated heterocycles. The maximum Gasteiger partial charge on any atom is 0.320 e. The van der Waals surface area contributed by atoms with Crippen molar-refractivity contribution in [1.82, 2.24) is 10.6 Å². The van der Waals surface area contributed by atoms with Gasteiger partial charge in [0.15, 0.2) is 11.5 Å². The quantitative estimate of drug-likeness (QED) is 0.331. The average molecular weight is 415 g/mol. The summed E-state index contributed by atoms with van der Waals surface area (Å²) in [5, 5.41) is 26.5. The molecule has 31 heavy (non-hydrogen) atoms. The van der Waals surface area contributed by atoms with Crippen molar-refractivity contribution in [3.8, 4) is 5.75 Å². The van der Waals surface area contributed by atoms with Crippen molar-refractivity contribution in [2.75, 3.05) is 0 Å². The molecular formula is C23H17N3O5. The third-order valence-corrected chi connectivity index (χ3v) is 4.94. The number of hydrogen-bond acceptors (Lipinski definition) is 5. The van der Waals surface area contributed by atoms with E-state index in [1.165, 1.54) is 12.1 Å². The number of phenols is 1. The number of nitro groups is 1. The first kappa shape index (κ1) is 19.8. The number of hydrogen-bond donors (Lipinski definition) is 3. The van der Waals surface area contributed by atoms with E-state index in [4.69, 9.17) is 0 Å². The SMILES string of the molecule is O=C1NC(c2ccccc2)=C(C(=O)c2ccccc2)[C@H](c2ccc(O)c([N+](=O)[O-])c2)N1. The maximum atomic E-state index is 13.5. The van der Waals surface area contributed by atoms with Gasteiger partial charge in [-0.25, -0.2) is 4.79 Å². The van der Waals surface area contributed by atoms with Crippen molar-refractivity contribution in [2.45, 2.75) is 6.04 Å². The molecule has 0 aliphatic carbocycles. The number of ketones is 1. The zero-order chi connectivity index (χ0) is 22.0. The minimum Gasteiger partial charge on any atom is -0.502 e. The van der Waals surface area contributed by atoms with Crippen LogP contribution in [0.1, 0.15) is 27.5 Å². The van der Waals surface area contributed by atoms with E-state index in [0.29, 0.717) is 22.4 Å². The lowest BCUT2D eigenvalue weighted by atomic mass is 9.87. The number of aromatic hydroxyl groups is 1. The maximum absolute atomic E-state index is 13.5. The predicted molar refractivity (Wildman–Crippen MR) is 113 cm³/mol. The lowest BCUT2D eigenvalue weighted by Gasteiger charge is -2.30. The summed E-state index contributed by atoms with van der Waals surface area (Å²) < 4.78 is 0. The summed E-state index contributed by atoms with van der Waals surface area (Å²) in [6.07, 6.45) is 0. The van der Waals surface area contributed by atoms with Crippen molar-refractivity contribution in [2.24, 2.45) is 0 Å². The number of rotatable bonds is 5. The highest BCUT2D eigenvalue weighted by Gasteiger charge is 2.34. The summed E-state index contributed by atoms with van der Waals surface area (Å²) >= 11 is 0. The highest BCUT2D eigenvalue weighted by molar-refractivity contribution is 6.16. The highest BCUT2D eigenvalue weighted by atomic mass is 16.6. The molecule has 154 valence electrons. The number of nitrogens with zero attached hydrogens (tertiary/aromatic N) is 1. The number of phenolic OH excluding ortho intramolecular Hbond substituents is 1. The normalized spacial score (nSPS) is 15.7. The van der Waals surface area contributed by atoms with E-state index >= 15 is 0 Å². The number of urea groups is 1. The predicted octanol–water partition coefficient (Wildman–Crippen LogP) is 3.95. The van der Waals surface area contributed by atoms with Crippen molar-refractivity contribution in [3.05, 3.63) is 111 Å². The molecule has 0 unspecified atom stereocenters. The minimum atomic E-state index is -0.962. The molecule has 0 saturated carbocycles. The largest absolute Gasteiger partial charge is 0.502 e. The smallest absolute Gasteiger partial charge is 0.320 e. The first-order valence-electron chi connectivity index (χ1n) is 9.40. The van der Waals surface area contributed by atoms with Crippen LogP contribution in [0.4, 0.5) is 10.5 Å². The third-order valence-electron chi connectivity index (χ3n) is 4.94.